The molecule has 8 heteroatoms. The Morgan fingerprint density at radius 1 is 0.902 bits per heavy atom. The third-order valence-electron chi connectivity index (χ3n) is 6.67. The second kappa shape index (κ2) is 12.8. The lowest BCUT2D eigenvalue weighted by Gasteiger charge is -2.16. The van der Waals surface area contributed by atoms with Crippen LogP contribution in [0.3, 0.4) is 0 Å². The number of nitrogens with zero attached hydrogens (tertiary/aromatic N) is 1. The summed E-state index contributed by atoms with van der Waals surface area (Å²) in [6.07, 6.45) is 1.71. The summed E-state index contributed by atoms with van der Waals surface area (Å²) in [4.78, 5) is 27.3. The zero-order chi connectivity index (χ0) is 28.9. The molecule has 210 valence electrons. The fourth-order valence-electron chi connectivity index (χ4n) is 4.60. The number of aryl methyl sites for hydroxylation is 2. The van der Waals surface area contributed by atoms with E-state index in [1.807, 2.05) is 75.4 Å². The molecule has 0 atom stereocenters. The molecule has 0 bridgehead atoms. The van der Waals surface area contributed by atoms with Crippen LogP contribution in [0.15, 0.2) is 82.2 Å². The number of carbonyl (C=O) groups excluding carboxylic acids is 2. The molecule has 0 radical (unpaired) electrons. The lowest BCUT2D eigenvalue weighted by atomic mass is 10.1. The number of hydrogen-bond donors (Lipinski definition) is 0. The predicted molar refractivity (Wildman–Crippen MR) is 168 cm³/mol. The first-order chi connectivity index (χ1) is 19.8. The van der Waals surface area contributed by atoms with Crippen molar-refractivity contribution in [3.63, 3.8) is 0 Å². The molecule has 0 saturated carbocycles. The van der Waals surface area contributed by atoms with Gasteiger partial charge >= 0.3 is 0 Å². The maximum Gasteiger partial charge on any atom is 0.293 e. The van der Waals surface area contributed by atoms with E-state index in [1.165, 1.54) is 4.90 Å². The number of rotatable bonds is 10. The lowest BCUT2D eigenvalue weighted by Crippen LogP contribution is -2.32. The van der Waals surface area contributed by atoms with Gasteiger partial charge in [-0.25, -0.2) is 0 Å². The van der Waals surface area contributed by atoms with E-state index in [1.54, 1.807) is 6.08 Å². The molecule has 1 aliphatic heterocycles. The molecule has 4 aromatic carbocycles. The first kappa shape index (κ1) is 28.8. The van der Waals surface area contributed by atoms with Crippen molar-refractivity contribution in [2.24, 2.45) is 0 Å². The zero-order valence-corrected chi connectivity index (χ0v) is 25.5. The van der Waals surface area contributed by atoms with Gasteiger partial charge in [0.25, 0.3) is 11.1 Å². The van der Waals surface area contributed by atoms with Crippen LogP contribution in [0.1, 0.15) is 29.2 Å². The molecule has 4 aromatic rings. The number of benzene rings is 4. The average molecular weight is 633 g/mol. The van der Waals surface area contributed by atoms with Gasteiger partial charge in [-0.3, -0.25) is 14.5 Å². The van der Waals surface area contributed by atoms with Gasteiger partial charge < -0.3 is 14.2 Å². The Morgan fingerprint density at radius 2 is 1.71 bits per heavy atom. The molecule has 6 nitrogen and oxygen atoms in total. The number of carbonyl (C=O) groups is 2. The Morgan fingerprint density at radius 3 is 2.54 bits per heavy atom. The van der Waals surface area contributed by atoms with Crippen molar-refractivity contribution in [1.82, 2.24) is 4.90 Å². The third kappa shape index (κ3) is 6.60. The molecule has 0 unspecified atom stereocenters. The van der Waals surface area contributed by atoms with Crippen LogP contribution in [0.2, 0.25) is 0 Å². The maximum atomic E-state index is 13.1. The fourth-order valence-corrected chi connectivity index (χ4v) is 6.04. The maximum absolute atomic E-state index is 13.1. The summed E-state index contributed by atoms with van der Waals surface area (Å²) in [5.74, 6) is 1.54. The van der Waals surface area contributed by atoms with Crippen molar-refractivity contribution in [3.05, 3.63) is 104 Å². The van der Waals surface area contributed by atoms with Crippen LogP contribution in [-0.4, -0.2) is 35.8 Å². The Kier molecular flexibility index (Phi) is 9.00. The van der Waals surface area contributed by atoms with Gasteiger partial charge in [-0.2, -0.15) is 0 Å². The molecule has 1 heterocycles. The van der Waals surface area contributed by atoms with Gasteiger partial charge in [0.05, 0.1) is 22.5 Å². The summed E-state index contributed by atoms with van der Waals surface area (Å²) < 4.78 is 18.7. The minimum atomic E-state index is -0.338. The molecule has 0 spiro atoms. The number of imide groups is 1. The van der Waals surface area contributed by atoms with Crippen LogP contribution in [0.4, 0.5) is 4.79 Å². The highest BCUT2D eigenvalue weighted by Gasteiger charge is 2.35. The highest BCUT2D eigenvalue weighted by molar-refractivity contribution is 9.10. The largest absolute Gasteiger partial charge is 0.491 e. The number of thioether (sulfide) groups is 1. The quantitative estimate of drug-likeness (QED) is 0.164. The predicted octanol–water partition coefficient (Wildman–Crippen LogP) is 8.31. The van der Waals surface area contributed by atoms with Crippen LogP contribution in [0.25, 0.3) is 16.8 Å². The van der Waals surface area contributed by atoms with E-state index in [-0.39, 0.29) is 24.3 Å². The summed E-state index contributed by atoms with van der Waals surface area (Å²) in [5.41, 5.74) is 3.87. The third-order valence-corrected chi connectivity index (χ3v) is 8.17. The van der Waals surface area contributed by atoms with Gasteiger partial charge in [-0.15, -0.1) is 0 Å². The summed E-state index contributed by atoms with van der Waals surface area (Å²) in [5, 5.41) is 1.97. The molecular formula is C33H30BrNO5S. The molecule has 0 aliphatic carbocycles. The average Bonchev–Trinajstić information content (AvgIpc) is 3.22. The van der Waals surface area contributed by atoms with Crippen LogP contribution in [0.5, 0.6) is 17.2 Å². The Hall–Kier alpha value is -3.75. The lowest BCUT2D eigenvalue weighted by molar-refractivity contribution is -0.123. The Balaban J connectivity index is 1.30. The van der Waals surface area contributed by atoms with E-state index in [0.717, 1.165) is 50.5 Å². The molecular weight excluding hydrogens is 602 g/mol. The summed E-state index contributed by atoms with van der Waals surface area (Å²) in [6, 6.07) is 24.0. The van der Waals surface area contributed by atoms with Crippen LogP contribution in [-0.2, 0) is 11.4 Å². The summed E-state index contributed by atoms with van der Waals surface area (Å²) in [6.45, 7) is 7.06. The van der Waals surface area contributed by atoms with Gasteiger partial charge in [0, 0.05) is 0 Å². The topological polar surface area (TPSA) is 65.1 Å². The van der Waals surface area contributed by atoms with E-state index >= 15 is 0 Å². The summed E-state index contributed by atoms with van der Waals surface area (Å²) >= 11 is 4.55. The second-order valence-electron chi connectivity index (χ2n) is 9.64. The molecule has 41 heavy (non-hydrogen) atoms. The highest BCUT2D eigenvalue weighted by Crippen LogP contribution is 2.40. The molecule has 0 N–H and O–H groups in total. The van der Waals surface area contributed by atoms with Gasteiger partial charge in [-0.05, 0) is 106 Å². The smallest absolute Gasteiger partial charge is 0.293 e. The molecule has 1 fully saturated rings. The minimum Gasteiger partial charge on any atom is -0.491 e. The summed E-state index contributed by atoms with van der Waals surface area (Å²) in [7, 11) is 0. The SMILES string of the molecule is CCOc1cc(/C=C2\SC(=O)N(CCOc3cc(C)ccc3C)C2=O)cc(Br)c1OCc1cccc2ccccc12. The highest BCUT2D eigenvalue weighted by atomic mass is 79.9. The van der Waals surface area contributed by atoms with Crippen LogP contribution in [0, 0.1) is 13.8 Å². The molecule has 1 saturated heterocycles. The molecule has 1 aliphatic rings. The Labute approximate surface area is 252 Å². The van der Waals surface area contributed by atoms with Crippen molar-refractivity contribution in [2.45, 2.75) is 27.4 Å². The number of hydrogen-bond acceptors (Lipinski definition) is 6. The van der Waals surface area contributed by atoms with Crippen molar-refractivity contribution >= 4 is 55.7 Å². The van der Waals surface area contributed by atoms with Gasteiger partial charge in [0.1, 0.15) is 19.0 Å². The number of ether oxygens (including phenoxy) is 3. The number of halogens is 1. The monoisotopic (exact) mass is 631 g/mol. The van der Waals surface area contributed by atoms with Gasteiger partial charge in [-0.1, -0.05) is 54.6 Å². The van der Waals surface area contributed by atoms with Crippen molar-refractivity contribution in [1.29, 1.82) is 0 Å². The van der Waals surface area contributed by atoms with E-state index in [9.17, 15) is 9.59 Å². The van der Waals surface area contributed by atoms with Gasteiger partial charge in [0.15, 0.2) is 11.5 Å². The minimum absolute atomic E-state index is 0.171. The number of fused-ring (bicyclic) bond motifs is 1. The standard InChI is InChI=1S/C33H30BrNO5S/c1-4-38-29-18-23(17-27(34)31(29)40-20-25-10-7-9-24-8-5-6-11-26(24)25)19-30-32(36)35(33(37)41-30)14-15-39-28-16-21(2)12-13-22(28)3/h5-13,16-19H,4,14-15,20H2,1-3H3/b30-19-. The fraction of sp³-hybridized carbons (Fsp3) is 0.212. The van der Waals surface area contributed by atoms with E-state index in [2.05, 4.69) is 34.1 Å². The van der Waals surface area contributed by atoms with E-state index < -0.39 is 0 Å². The second-order valence-corrected chi connectivity index (χ2v) is 11.5. The number of amides is 2. The first-order valence-electron chi connectivity index (χ1n) is 13.3. The normalized spacial score (nSPS) is 14.2. The van der Waals surface area contributed by atoms with Crippen molar-refractivity contribution in [3.8, 4) is 17.2 Å². The van der Waals surface area contributed by atoms with Crippen LogP contribution < -0.4 is 14.2 Å². The zero-order valence-electron chi connectivity index (χ0n) is 23.1. The molecule has 5 rings (SSSR count). The first-order valence-corrected chi connectivity index (χ1v) is 15.0. The van der Waals surface area contributed by atoms with E-state index in [0.29, 0.717) is 34.1 Å². The van der Waals surface area contributed by atoms with Crippen molar-refractivity contribution in [2.75, 3.05) is 19.8 Å². The van der Waals surface area contributed by atoms with Crippen molar-refractivity contribution < 1.29 is 23.8 Å². The molecule has 0 aromatic heterocycles. The molecule has 2 amide bonds. The van der Waals surface area contributed by atoms with Crippen LogP contribution >= 0.6 is 27.7 Å². The van der Waals surface area contributed by atoms with E-state index in [4.69, 9.17) is 14.2 Å². The Bertz CT molecular complexity index is 1650. The van der Waals surface area contributed by atoms with Gasteiger partial charge in [0.2, 0.25) is 0 Å².